The van der Waals surface area contributed by atoms with Crippen LogP contribution in [0.1, 0.15) is 79.1 Å². The van der Waals surface area contributed by atoms with E-state index in [-0.39, 0.29) is 0 Å². The lowest BCUT2D eigenvalue weighted by atomic mass is 10.0. The molecule has 3 heteroatoms. The van der Waals surface area contributed by atoms with E-state index < -0.39 is 5.97 Å². The number of hydrogen-bond donors (Lipinski definition) is 2. The van der Waals surface area contributed by atoms with Gasteiger partial charge in [0, 0.05) is 6.42 Å². The van der Waals surface area contributed by atoms with Crippen LogP contribution < -0.4 is 0 Å². The minimum atomic E-state index is -0.672. The lowest BCUT2D eigenvalue weighted by Gasteiger charge is -2.02. The van der Waals surface area contributed by atoms with Crippen LogP contribution in [0.5, 0.6) is 0 Å². The van der Waals surface area contributed by atoms with E-state index in [0.717, 1.165) is 37.4 Å². The summed E-state index contributed by atoms with van der Waals surface area (Å²) in [7, 11) is 0. The normalized spacial score (nSPS) is 10.9. The van der Waals surface area contributed by atoms with E-state index in [1.54, 1.807) is 6.08 Å². The van der Waals surface area contributed by atoms with Crippen molar-refractivity contribution in [1.29, 1.82) is 0 Å². The predicted octanol–water partition coefficient (Wildman–Crippen LogP) is 5.56. The Morgan fingerprint density at radius 1 is 0.950 bits per heavy atom. The summed E-state index contributed by atoms with van der Waals surface area (Å²) in [6.45, 7) is 8.81. The lowest BCUT2D eigenvalue weighted by molar-refractivity contribution is -0.137. The van der Waals surface area contributed by atoms with Crippen LogP contribution in [-0.4, -0.2) is 16.2 Å². The molecule has 0 aromatic heterocycles. The van der Waals surface area contributed by atoms with Crippen LogP contribution in [0.4, 0.5) is 0 Å². The maximum Gasteiger partial charge on any atom is 0.303 e. The second kappa shape index (κ2) is 16.1. The standard InChI is InChI=1S/C9H18O2.C8H16O/c1-8(2)6-4-3-5-7-9(10)11;1-8(2)6-4-3-5-7-9/h8H,3-7H2,1-2H3,(H,10,11);5,7-9H,3-4,6H2,1-2H3/b;7-5+. The SMILES string of the molecule is CC(C)CCC/C=C/O.CC(C)CCCCCC(=O)O. The molecular formula is C17H34O3. The highest BCUT2D eigenvalue weighted by molar-refractivity contribution is 5.66. The molecule has 0 aromatic rings. The second-order valence-corrected chi connectivity index (χ2v) is 6.10. The number of aliphatic carboxylic acids is 1. The lowest BCUT2D eigenvalue weighted by Crippen LogP contribution is -1.94. The first-order valence-corrected chi connectivity index (χ1v) is 7.91. The average molecular weight is 286 g/mol. The molecular weight excluding hydrogens is 252 g/mol. The van der Waals surface area contributed by atoms with Gasteiger partial charge in [0.15, 0.2) is 0 Å². The summed E-state index contributed by atoms with van der Waals surface area (Å²) in [4.78, 5) is 10.1. The predicted molar refractivity (Wildman–Crippen MR) is 86.0 cm³/mol. The number of carboxylic acid groups (broad SMARTS) is 1. The molecule has 0 bridgehead atoms. The third-order valence-corrected chi connectivity index (χ3v) is 2.93. The molecule has 2 N–H and O–H groups in total. The van der Waals surface area contributed by atoms with Crippen molar-refractivity contribution in [3.8, 4) is 0 Å². The van der Waals surface area contributed by atoms with Gasteiger partial charge in [0.25, 0.3) is 0 Å². The van der Waals surface area contributed by atoms with Gasteiger partial charge in [-0.3, -0.25) is 4.79 Å². The summed E-state index contributed by atoms with van der Waals surface area (Å²) in [5, 5.41) is 16.6. The monoisotopic (exact) mass is 286 g/mol. The van der Waals surface area contributed by atoms with E-state index in [4.69, 9.17) is 10.2 Å². The van der Waals surface area contributed by atoms with Crippen molar-refractivity contribution in [2.75, 3.05) is 0 Å². The first-order chi connectivity index (χ1) is 9.40. The van der Waals surface area contributed by atoms with Gasteiger partial charge in [-0.1, -0.05) is 59.5 Å². The molecule has 0 unspecified atom stereocenters. The molecule has 0 saturated heterocycles. The van der Waals surface area contributed by atoms with Crippen molar-refractivity contribution in [3.05, 3.63) is 12.3 Å². The summed E-state index contributed by atoms with van der Waals surface area (Å²) in [6.07, 6.45) is 11.0. The molecule has 0 aliphatic carbocycles. The summed E-state index contributed by atoms with van der Waals surface area (Å²) >= 11 is 0. The highest BCUT2D eigenvalue weighted by Crippen LogP contribution is 2.09. The Hall–Kier alpha value is -0.990. The first-order valence-electron chi connectivity index (χ1n) is 7.91. The van der Waals surface area contributed by atoms with Crippen molar-refractivity contribution >= 4 is 5.97 Å². The summed E-state index contributed by atoms with van der Waals surface area (Å²) in [6, 6.07) is 0. The molecule has 0 aromatic carbocycles. The third kappa shape index (κ3) is 25.8. The number of allylic oxidation sites excluding steroid dienone is 1. The van der Waals surface area contributed by atoms with Crippen molar-refractivity contribution in [1.82, 2.24) is 0 Å². The molecule has 120 valence electrons. The highest BCUT2D eigenvalue weighted by atomic mass is 16.4. The zero-order valence-electron chi connectivity index (χ0n) is 13.8. The third-order valence-electron chi connectivity index (χ3n) is 2.93. The van der Waals surface area contributed by atoms with E-state index in [0.29, 0.717) is 6.42 Å². The molecule has 0 rings (SSSR count). The van der Waals surface area contributed by atoms with E-state index in [2.05, 4.69) is 27.7 Å². The van der Waals surface area contributed by atoms with Crippen LogP contribution >= 0.6 is 0 Å². The quantitative estimate of drug-likeness (QED) is 0.408. The number of hydrogen-bond acceptors (Lipinski definition) is 2. The maximum atomic E-state index is 10.1. The van der Waals surface area contributed by atoms with Gasteiger partial charge in [0.2, 0.25) is 0 Å². The number of unbranched alkanes of at least 4 members (excludes halogenated alkanes) is 3. The Balaban J connectivity index is 0. The largest absolute Gasteiger partial charge is 0.516 e. The number of aliphatic hydroxyl groups is 1. The molecule has 0 spiro atoms. The van der Waals surface area contributed by atoms with Gasteiger partial charge >= 0.3 is 5.97 Å². The van der Waals surface area contributed by atoms with Gasteiger partial charge in [0.1, 0.15) is 0 Å². The fraction of sp³-hybridized carbons (Fsp3) is 0.824. The molecule has 0 heterocycles. The number of carboxylic acids is 1. The Labute approximate surface area is 125 Å². The van der Waals surface area contributed by atoms with E-state index in [1.807, 2.05) is 0 Å². The van der Waals surface area contributed by atoms with Gasteiger partial charge in [-0.2, -0.15) is 0 Å². The van der Waals surface area contributed by atoms with Gasteiger partial charge < -0.3 is 10.2 Å². The van der Waals surface area contributed by atoms with Gasteiger partial charge in [-0.15, -0.1) is 0 Å². The van der Waals surface area contributed by atoms with Crippen molar-refractivity contribution in [2.24, 2.45) is 11.8 Å². The molecule has 0 amide bonds. The fourth-order valence-corrected chi connectivity index (χ4v) is 1.72. The zero-order valence-corrected chi connectivity index (χ0v) is 13.8. The molecule has 20 heavy (non-hydrogen) atoms. The number of aliphatic hydroxyl groups excluding tert-OH is 1. The Bertz CT molecular complexity index is 232. The van der Waals surface area contributed by atoms with E-state index >= 15 is 0 Å². The fourth-order valence-electron chi connectivity index (χ4n) is 1.72. The summed E-state index contributed by atoms with van der Waals surface area (Å²) in [5.74, 6) is 0.867. The Morgan fingerprint density at radius 3 is 1.95 bits per heavy atom. The van der Waals surface area contributed by atoms with Crippen LogP contribution in [0.25, 0.3) is 0 Å². The van der Waals surface area contributed by atoms with Crippen LogP contribution in [0.15, 0.2) is 12.3 Å². The topological polar surface area (TPSA) is 57.5 Å². The van der Waals surface area contributed by atoms with Crippen molar-refractivity contribution < 1.29 is 15.0 Å². The van der Waals surface area contributed by atoms with Gasteiger partial charge in [0.05, 0.1) is 6.26 Å². The molecule has 0 radical (unpaired) electrons. The molecule has 0 saturated carbocycles. The van der Waals surface area contributed by atoms with Crippen LogP contribution in [0.3, 0.4) is 0 Å². The Morgan fingerprint density at radius 2 is 1.50 bits per heavy atom. The van der Waals surface area contributed by atoms with Gasteiger partial charge in [-0.25, -0.2) is 0 Å². The highest BCUT2D eigenvalue weighted by Gasteiger charge is 1.97. The number of rotatable bonds is 10. The smallest absolute Gasteiger partial charge is 0.303 e. The van der Waals surface area contributed by atoms with E-state index in [9.17, 15) is 4.79 Å². The maximum absolute atomic E-state index is 10.1. The molecule has 0 aliphatic heterocycles. The molecule has 0 fully saturated rings. The average Bonchev–Trinajstić information content (AvgIpc) is 2.34. The minimum Gasteiger partial charge on any atom is -0.516 e. The molecule has 0 atom stereocenters. The van der Waals surface area contributed by atoms with Gasteiger partial charge in [-0.05, 0) is 31.1 Å². The number of carbonyl (C=O) groups is 1. The Kier molecular flexibility index (Phi) is 17.1. The van der Waals surface area contributed by atoms with Crippen molar-refractivity contribution in [3.63, 3.8) is 0 Å². The van der Waals surface area contributed by atoms with Crippen molar-refractivity contribution in [2.45, 2.75) is 79.1 Å². The zero-order chi connectivity index (χ0) is 15.8. The summed E-state index contributed by atoms with van der Waals surface area (Å²) in [5.41, 5.74) is 0. The minimum absolute atomic E-state index is 0.331. The van der Waals surface area contributed by atoms with E-state index in [1.165, 1.54) is 25.7 Å². The first kappa shape index (κ1) is 21.3. The van der Waals surface area contributed by atoms with Crippen LogP contribution in [-0.2, 0) is 4.79 Å². The second-order valence-electron chi connectivity index (χ2n) is 6.10. The summed E-state index contributed by atoms with van der Waals surface area (Å²) < 4.78 is 0. The molecule has 0 aliphatic rings. The van der Waals surface area contributed by atoms with Crippen LogP contribution in [0, 0.1) is 11.8 Å². The molecule has 3 nitrogen and oxygen atoms in total. The van der Waals surface area contributed by atoms with Crippen LogP contribution in [0.2, 0.25) is 0 Å².